The van der Waals surface area contributed by atoms with Crippen molar-refractivity contribution in [1.29, 1.82) is 0 Å². The number of methoxy groups -OCH3 is 2. The smallest absolute Gasteiger partial charge is 0.253 e. The number of ether oxygens (including phenoxy) is 2. The number of carbonyl (C=O) groups excluding carboxylic acids is 2. The lowest BCUT2D eigenvalue weighted by Gasteiger charge is -2.24. The summed E-state index contributed by atoms with van der Waals surface area (Å²) < 4.78 is 26.9. The van der Waals surface area contributed by atoms with Crippen LogP contribution in [0.15, 0.2) is 88.4 Å². The normalized spacial score (nSPS) is 14.1. The Kier molecular flexibility index (Phi) is 9.88. The molecule has 2 aromatic heterocycles. The molecule has 10 nitrogen and oxygen atoms in total. The molecule has 0 fully saturated rings. The van der Waals surface area contributed by atoms with Crippen molar-refractivity contribution in [1.82, 2.24) is 25.1 Å². The number of aromatic nitrogens is 3. The van der Waals surface area contributed by atoms with Gasteiger partial charge in [0.2, 0.25) is 0 Å². The van der Waals surface area contributed by atoms with Crippen LogP contribution in [0.4, 0.5) is 4.39 Å². The first-order valence-corrected chi connectivity index (χ1v) is 17.0. The highest BCUT2D eigenvalue weighted by Crippen LogP contribution is 2.42. The van der Waals surface area contributed by atoms with E-state index >= 15 is 0 Å². The lowest BCUT2D eigenvalue weighted by atomic mass is 9.99. The summed E-state index contributed by atoms with van der Waals surface area (Å²) in [5, 5.41) is 20.4. The Morgan fingerprint density at radius 2 is 1.85 bits per heavy atom. The number of halogens is 1. The van der Waals surface area contributed by atoms with Gasteiger partial charge in [-0.3, -0.25) is 14.2 Å². The van der Waals surface area contributed by atoms with Gasteiger partial charge >= 0.3 is 0 Å². The molecule has 3 aromatic carbocycles. The van der Waals surface area contributed by atoms with Gasteiger partial charge in [0.05, 0.1) is 48.8 Å². The number of amides is 2. The SMILES string of the molecule is COc1cccc([C@@H]2CC(c3cccs3)=NN2C(=O)CSc2nnc(CNC(=O)c3cccc(F)c3)n2-c2cc(C)ccc2C)c1OC. The molecule has 1 aliphatic rings. The standard InChI is InChI=1S/C35H33FN6O4S2/c1-21-13-14-22(2)27(16-21)41-31(19-37-34(44)23-8-5-9-24(36)17-23)38-39-35(41)48-20-32(43)42-28(18-26(40-42)30-12-7-15-47-30)25-10-6-11-29(45-3)33(25)46-4/h5-17,28H,18-20H2,1-4H3,(H,37,44)/t28-/m0/s1. The largest absolute Gasteiger partial charge is 0.493 e. The van der Waals surface area contributed by atoms with Crippen LogP contribution in [0.1, 0.15) is 50.2 Å². The monoisotopic (exact) mass is 684 g/mol. The first-order valence-electron chi connectivity index (χ1n) is 15.1. The molecule has 0 bridgehead atoms. The first kappa shape index (κ1) is 32.9. The van der Waals surface area contributed by atoms with Gasteiger partial charge in [-0.15, -0.1) is 21.5 Å². The Balaban J connectivity index is 1.29. The number of rotatable bonds is 11. The van der Waals surface area contributed by atoms with Crippen molar-refractivity contribution < 1.29 is 23.5 Å². The van der Waals surface area contributed by atoms with Gasteiger partial charge in [-0.2, -0.15) is 5.10 Å². The number of nitrogens with zero attached hydrogens (tertiary/aromatic N) is 5. The predicted octanol–water partition coefficient (Wildman–Crippen LogP) is 6.50. The average molecular weight is 685 g/mol. The number of thiophene rings is 1. The van der Waals surface area contributed by atoms with Crippen LogP contribution in [0.5, 0.6) is 11.5 Å². The predicted molar refractivity (Wildman–Crippen MR) is 184 cm³/mol. The van der Waals surface area contributed by atoms with Gasteiger partial charge in [0.1, 0.15) is 5.82 Å². The van der Waals surface area contributed by atoms with Gasteiger partial charge in [-0.1, -0.05) is 48.2 Å². The fourth-order valence-corrected chi connectivity index (χ4v) is 7.08. The summed E-state index contributed by atoms with van der Waals surface area (Å²) in [4.78, 5) is 27.9. The Hall–Kier alpha value is -5.01. The third-order valence-corrected chi connectivity index (χ3v) is 9.72. The number of hydrogen-bond donors (Lipinski definition) is 1. The van der Waals surface area contributed by atoms with Crippen LogP contribution < -0.4 is 14.8 Å². The van der Waals surface area contributed by atoms with Crippen LogP contribution in [0.2, 0.25) is 0 Å². The van der Waals surface area contributed by atoms with Gasteiger partial charge in [0.25, 0.3) is 11.8 Å². The number of carbonyl (C=O) groups is 2. The Morgan fingerprint density at radius 3 is 2.60 bits per heavy atom. The van der Waals surface area contributed by atoms with Crippen molar-refractivity contribution >= 4 is 40.6 Å². The van der Waals surface area contributed by atoms with Crippen LogP contribution in [0, 0.1) is 19.7 Å². The fourth-order valence-electron chi connectivity index (χ4n) is 5.54. The lowest BCUT2D eigenvalue weighted by Crippen LogP contribution is -2.29. The second-order valence-electron chi connectivity index (χ2n) is 11.1. The molecule has 48 heavy (non-hydrogen) atoms. The second kappa shape index (κ2) is 14.4. The Labute approximate surface area is 285 Å². The summed E-state index contributed by atoms with van der Waals surface area (Å²) >= 11 is 2.80. The molecular weight excluding hydrogens is 652 g/mol. The molecule has 246 valence electrons. The third-order valence-electron chi connectivity index (χ3n) is 7.89. The van der Waals surface area contributed by atoms with Crippen LogP contribution in [-0.2, 0) is 11.3 Å². The molecule has 0 spiro atoms. The highest BCUT2D eigenvalue weighted by atomic mass is 32.2. The van der Waals surface area contributed by atoms with Crippen LogP contribution in [0.25, 0.3) is 5.69 Å². The van der Waals surface area contributed by atoms with Crippen LogP contribution in [-0.4, -0.2) is 57.3 Å². The molecule has 1 aliphatic heterocycles. The summed E-state index contributed by atoms with van der Waals surface area (Å²) in [5.74, 6) is 0.434. The van der Waals surface area contributed by atoms with E-state index in [4.69, 9.17) is 14.6 Å². The van der Waals surface area contributed by atoms with Crippen molar-refractivity contribution in [3.63, 3.8) is 0 Å². The van der Waals surface area contributed by atoms with Crippen LogP contribution in [0.3, 0.4) is 0 Å². The van der Waals surface area contributed by atoms with Crippen molar-refractivity contribution in [3.05, 3.63) is 117 Å². The Bertz CT molecular complexity index is 1990. The lowest BCUT2D eigenvalue weighted by molar-refractivity contribution is -0.130. The molecule has 1 atom stereocenters. The van der Waals surface area contributed by atoms with E-state index in [-0.39, 0.29) is 23.8 Å². The second-order valence-corrected chi connectivity index (χ2v) is 13.0. The molecular formula is C35H33FN6O4S2. The maximum atomic E-state index is 14.0. The van der Waals surface area contributed by atoms with Gasteiger partial charge in [-0.05, 0) is 66.8 Å². The van der Waals surface area contributed by atoms with E-state index in [0.29, 0.717) is 28.9 Å². The van der Waals surface area contributed by atoms with E-state index in [2.05, 4.69) is 15.5 Å². The number of nitrogens with one attached hydrogen (secondary N) is 1. The topological polar surface area (TPSA) is 111 Å². The fraction of sp³-hybridized carbons (Fsp3) is 0.229. The molecule has 1 N–H and O–H groups in total. The van der Waals surface area contributed by atoms with E-state index in [1.165, 1.54) is 35.0 Å². The molecule has 0 unspecified atom stereocenters. The van der Waals surface area contributed by atoms with E-state index in [0.717, 1.165) is 33.0 Å². The van der Waals surface area contributed by atoms with Crippen molar-refractivity contribution in [2.75, 3.05) is 20.0 Å². The summed E-state index contributed by atoms with van der Waals surface area (Å²) in [6.45, 7) is 3.99. The maximum Gasteiger partial charge on any atom is 0.253 e. The molecule has 0 saturated carbocycles. The average Bonchev–Trinajstić information content (AvgIpc) is 3.87. The van der Waals surface area contributed by atoms with Crippen molar-refractivity contribution in [3.8, 4) is 17.2 Å². The van der Waals surface area contributed by atoms with E-state index in [1.54, 1.807) is 31.6 Å². The highest BCUT2D eigenvalue weighted by Gasteiger charge is 2.36. The number of hydrogen-bond acceptors (Lipinski definition) is 9. The summed E-state index contributed by atoms with van der Waals surface area (Å²) in [7, 11) is 3.16. The minimum absolute atomic E-state index is 0.0165. The zero-order valence-electron chi connectivity index (χ0n) is 26.8. The minimum atomic E-state index is -0.499. The first-order chi connectivity index (χ1) is 23.3. The zero-order valence-corrected chi connectivity index (χ0v) is 28.4. The number of aryl methyl sites for hydroxylation is 2. The van der Waals surface area contributed by atoms with Crippen molar-refractivity contribution in [2.24, 2.45) is 5.10 Å². The number of hydrazone groups is 1. The number of para-hydroxylation sites is 1. The molecule has 0 aliphatic carbocycles. The van der Waals surface area contributed by atoms with E-state index < -0.39 is 17.8 Å². The molecule has 2 amide bonds. The summed E-state index contributed by atoms with van der Waals surface area (Å²) in [6, 6.07) is 20.7. The van der Waals surface area contributed by atoms with Crippen LogP contribution >= 0.6 is 23.1 Å². The molecule has 0 radical (unpaired) electrons. The molecule has 5 aromatic rings. The highest BCUT2D eigenvalue weighted by molar-refractivity contribution is 7.99. The number of benzene rings is 3. The molecule has 0 saturated heterocycles. The van der Waals surface area contributed by atoms with E-state index in [9.17, 15) is 14.0 Å². The molecule has 3 heterocycles. The third kappa shape index (κ3) is 6.83. The summed E-state index contributed by atoms with van der Waals surface area (Å²) in [5.41, 5.74) is 4.61. The minimum Gasteiger partial charge on any atom is -0.493 e. The van der Waals surface area contributed by atoms with Gasteiger partial charge in [0, 0.05) is 17.5 Å². The molecule has 6 rings (SSSR count). The zero-order chi connectivity index (χ0) is 33.8. The quantitative estimate of drug-likeness (QED) is 0.158. The maximum absolute atomic E-state index is 14.0. The van der Waals surface area contributed by atoms with E-state index in [1.807, 2.05) is 72.3 Å². The molecule has 13 heteroatoms. The van der Waals surface area contributed by atoms with Gasteiger partial charge < -0.3 is 14.8 Å². The van der Waals surface area contributed by atoms with Crippen molar-refractivity contribution in [2.45, 2.75) is 38.0 Å². The van der Waals surface area contributed by atoms with Gasteiger partial charge in [0.15, 0.2) is 22.5 Å². The number of thioether (sulfide) groups is 1. The Morgan fingerprint density at radius 1 is 1.02 bits per heavy atom. The summed E-state index contributed by atoms with van der Waals surface area (Å²) in [6.07, 6.45) is 0.508. The van der Waals surface area contributed by atoms with Gasteiger partial charge in [-0.25, -0.2) is 9.40 Å².